The predicted molar refractivity (Wildman–Crippen MR) is 142 cm³/mol. The number of aromatic nitrogens is 2. The lowest BCUT2D eigenvalue weighted by Gasteiger charge is -2.17. The molecule has 0 fully saturated rings. The summed E-state index contributed by atoms with van der Waals surface area (Å²) in [4.78, 5) is 18.4. The number of hydrogen-bond acceptors (Lipinski definition) is 6. The van der Waals surface area contributed by atoms with Gasteiger partial charge in [0.1, 0.15) is 17.6 Å². The summed E-state index contributed by atoms with van der Waals surface area (Å²) in [5.74, 6) is 1.82. The number of benzene rings is 3. The fraction of sp³-hybridized carbons (Fsp3) is 0.214. The highest BCUT2D eigenvalue weighted by molar-refractivity contribution is 6.32. The van der Waals surface area contributed by atoms with Gasteiger partial charge in [0, 0.05) is 5.56 Å². The normalized spacial score (nSPS) is 11.2. The maximum Gasteiger partial charge on any atom is 0.282 e. The molecule has 4 aromatic rings. The van der Waals surface area contributed by atoms with Crippen LogP contribution in [-0.2, 0) is 0 Å². The fourth-order valence-electron chi connectivity index (χ4n) is 3.92. The van der Waals surface area contributed by atoms with Crippen LogP contribution in [0, 0.1) is 18.3 Å². The van der Waals surface area contributed by atoms with Crippen LogP contribution in [0.15, 0.2) is 64.5 Å². The van der Waals surface area contributed by atoms with Gasteiger partial charge in [-0.25, -0.2) is 4.98 Å². The summed E-state index contributed by atoms with van der Waals surface area (Å²) in [5.41, 5.74) is 3.67. The van der Waals surface area contributed by atoms with E-state index < -0.39 is 0 Å². The lowest BCUT2D eigenvalue weighted by atomic mass is 9.96. The van der Waals surface area contributed by atoms with Crippen molar-refractivity contribution in [3.63, 3.8) is 0 Å². The van der Waals surface area contributed by atoms with E-state index in [-0.39, 0.29) is 18.1 Å². The van der Waals surface area contributed by atoms with Crippen molar-refractivity contribution >= 4 is 28.7 Å². The zero-order valence-electron chi connectivity index (χ0n) is 20.4. The fourth-order valence-corrected chi connectivity index (χ4v) is 4.16. The second-order valence-electron chi connectivity index (χ2n) is 8.51. The third-order valence-electron chi connectivity index (χ3n) is 5.76. The standard InChI is InChI=1S/C28H25ClN4O3/c1-17(2)21-15-22(18(3)13-26(21)35-4)27-32-24-8-6-5-7-20(24)28(34)33(27)31-16-19-9-10-25(23(29)14-19)36-12-11-30/h5-10,13-17H,12H2,1-4H3. The quantitative estimate of drug-likeness (QED) is 0.293. The van der Waals surface area contributed by atoms with E-state index in [2.05, 4.69) is 18.9 Å². The Balaban J connectivity index is 1.90. The average molecular weight is 501 g/mol. The Kier molecular flexibility index (Phi) is 7.37. The maximum absolute atomic E-state index is 13.5. The van der Waals surface area contributed by atoms with Gasteiger partial charge in [-0.05, 0) is 72.0 Å². The molecular weight excluding hydrogens is 476 g/mol. The monoisotopic (exact) mass is 500 g/mol. The molecule has 0 amide bonds. The zero-order chi connectivity index (χ0) is 25.8. The lowest BCUT2D eigenvalue weighted by Crippen LogP contribution is -2.20. The Hall–Kier alpha value is -4.15. The molecule has 3 aromatic carbocycles. The molecule has 0 unspecified atom stereocenters. The molecule has 0 N–H and O–H groups in total. The number of halogens is 1. The first kappa shape index (κ1) is 25.0. The highest BCUT2D eigenvalue weighted by atomic mass is 35.5. The molecule has 7 nitrogen and oxygen atoms in total. The highest BCUT2D eigenvalue weighted by Crippen LogP contribution is 2.34. The summed E-state index contributed by atoms with van der Waals surface area (Å²) < 4.78 is 12.2. The molecular formula is C28H25ClN4O3. The van der Waals surface area contributed by atoms with E-state index in [4.69, 9.17) is 31.3 Å². The minimum absolute atomic E-state index is 0.103. The number of nitriles is 1. The Bertz CT molecular complexity index is 1570. The van der Waals surface area contributed by atoms with Crippen LogP contribution in [-0.4, -0.2) is 29.6 Å². The molecule has 0 bridgehead atoms. The highest BCUT2D eigenvalue weighted by Gasteiger charge is 2.18. The summed E-state index contributed by atoms with van der Waals surface area (Å²) in [5, 5.41) is 14.0. The van der Waals surface area contributed by atoms with E-state index >= 15 is 0 Å². The van der Waals surface area contributed by atoms with Crippen LogP contribution < -0.4 is 15.0 Å². The van der Waals surface area contributed by atoms with Crippen LogP contribution >= 0.6 is 11.6 Å². The smallest absolute Gasteiger partial charge is 0.282 e. The van der Waals surface area contributed by atoms with Gasteiger partial charge >= 0.3 is 0 Å². The number of para-hydroxylation sites is 1. The molecule has 0 aliphatic heterocycles. The van der Waals surface area contributed by atoms with Gasteiger partial charge in [-0.1, -0.05) is 37.6 Å². The lowest BCUT2D eigenvalue weighted by molar-refractivity contribution is 0.368. The van der Waals surface area contributed by atoms with Gasteiger partial charge in [0.05, 0.1) is 29.2 Å². The molecule has 1 aromatic heterocycles. The number of rotatable bonds is 7. The SMILES string of the molecule is COc1cc(C)c(-c2nc3ccccc3c(=O)n2N=Cc2ccc(OCC#N)c(Cl)c2)cc1C(C)C. The molecule has 36 heavy (non-hydrogen) atoms. The average Bonchev–Trinajstić information content (AvgIpc) is 2.87. The van der Waals surface area contributed by atoms with E-state index in [1.54, 1.807) is 43.7 Å². The summed E-state index contributed by atoms with van der Waals surface area (Å²) >= 11 is 6.29. The Morgan fingerprint density at radius 1 is 1.17 bits per heavy atom. The van der Waals surface area contributed by atoms with E-state index in [9.17, 15) is 4.79 Å². The second kappa shape index (κ2) is 10.6. The van der Waals surface area contributed by atoms with Gasteiger partial charge in [0.2, 0.25) is 0 Å². The summed E-state index contributed by atoms with van der Waals surface area (Å²) in [6.45, 7) is 6.03. The Morgan fingerprint density at radius 2 is 1.94 bits per heavy atom. The van der Waals surface area contributed by atoms with Gasteiger partial charge in [0.25, 0.3) is 5.56 Å². The van der Waals surface area contributed by atoms with E-state index in [0.717, 1.165) is 22.4 Å². The molecule has 0 aliphatic carbocycles. The number of fused-ring (bicyclic) bond motifs is 1. The summed E-state index contributed by atoms with van der Waals surface area (Å²) in [6.07, 6.45) is 1.55. The predicted octanol–water partition coefficient (Wildman–Crippen LogP) is 5.94. The molecule has 8 heteroatoms. The van der Waals surface area contributed by atoms with Crippen molar-refractivity contribution in [2.24, 2.45) is 5.10 Å². The van der Waals surface area contributed by atoms with Crippen molar-refractivity contribution in [1.82, 2.24) is 9.66 Å². The molecule has 182 valence electrons. The van der Waals surface area contributed by atoms with Crippen LogP contribution in [0.3, 0.4) is 0 Å². The number of ether oxygens (including phenoxy) is 2. The van der Waals surface area contributed by atoms with Crippen molar-refractivity contribution in [3.8, 4) is 29.0 Å². The van der Waals surface area contributed by atoms with Crippen LogP contribution in [0.1, 0.15) is 36.5 Å². The maximum atomic E-state index is 13.5. The first-order chi connectivity index (χ1) is 17.3. The van der Waals surface area contributed by atoms with Crippen LogP contribution in [0.2, 0.25) is 5.02 Å². The Labute approximate surface area is 214 Å². The van der Waals surface area contributed by atoms with Gasteiger partial charge in [-0.2, -0.15) is 15.0 Å². The third-order valence-corrected chi connectivity index (χ3v) is 6.06. The summed E-state index contributed by atoms with van der Waals surface area (Å²) in [6, 6.07) is 18.1. The van der Waals surface area contributed by atoms with Gasteiger partial charge < -0.3 is 9.47 Å². The number of aryl methyl sites for hydroxylation is 1. The number of nitrogens with zero attached hydrogens (tertiary/aromatic N) is 4. The van der Waals surface area contributed by atoms with E-state index in [1.165, 1.54) is 4.68 Å². The molecule has 1 heterocycles. The minimum atomic E-state index is -0.284. The minimum Gasteiger partial charge on any atom is -0.496 e. The largest absolute Gasteiger partial charge is 0.496 e. The van der Waals surface area contributed by atoms with E-state index in [0.29, 0.717) is 33.1 Å². The molecule has 0 radical (unpaired) electrons. The summed E-state index contributed by atoms with van der Waals surface area (Å²) in [7, 11) is 1.65. The molecule has 0 saturated heterocycles. The Morgan fingerprint density at radius 3 is 2.64 bits per heavy atom. The van der Waals surface area contributed by atoms with Crippen LogP contribution in [0.5, 0.6) is 11.5 Å². The van der Waals surface area contributed by atoms with Gasteiger partial charge in [0.15, 0.2) is 12.4 Å². The third kappa shape index (κ3) is 4.95. The van der Waals surface area contributed by atoms with E-state index in [1.807, 2.05) is 37.3 Å². The molecule has 0 spiro atoms. The van der Waals surface area contributed by atoms with Gasteiger partial charge in [-0.3, -0.25) is 4.79 Å². The first-order valence-electron chi connectivity index (χ1n) is 11.4. The van der Waals surface area contributed by atoms with Crippen molar-refractivity contribution in [1.29, 1.82) is 5.26 Å². The van der Waals surface area contributed by atoms with Crippen LogP contribution in [0.4, 0.5) is 0 Å². The first-order valence-corrected chi connectivity index (χ1v) is 11.8. The van der Waals surface area contributed by atoms with Crippen molar-refractivity contribution in [2.75, 3.05) is 13.7 Å². The van der Waals surface area contributed by atoms with Crippen molar-refractivity contribution in [3.05, 3.63) is 86.7 Å². The number of methoxy groups -OCH3 is 1. The van der Waals surface area contributed by atoms with Crippen molar-refractivity contribution < 1.29 is 9.47 Å². The topological polar surface area (TPSA) is 89.5 Å². The van der Waals surface area contributed by atoms with Gasteiger partial charge in [-0.15, -0.1) is 0 Å². The van der Waals surface area contributed by atoms with Crippen LogP contribution in [0.25, 0.3) is 22.3 Å². The molecule has 0 saturated carbocycles. The number of hydrogen-bond donors (Lipinski definition) is 0. The molecule has 0 aliphatic rings. The molecule has 0 atom stereocenters. The molecule has 4 rings (SSSR count). The zero-order valence-corrected chi connectivity index (χ0v) is 21.2. The van der Waals surface area contributed by atoms with Crippen molar-refractivity contribution in [2.45, 2.75) is 26.7 Å². The second-order valence-corrected chi connectivity index (χ2v) is 8.92.